The minimum absolute atomic E-state index is 0.247. The van der Waals surface area contributed by atoms with E-state index in [1.54, 1.807) is 32.2 Å². The van der Waals surface area contributed by atoms with Crippen molar-refractivity contribution >= 4 is 34.9 Å². The molecule has 0 spiro atoms. The highest BCUT2D eigenvalue weighted by Crippen LogP contribution is 2.25. The summed E-state index contributed by atoms with van der Waals surface area (Å²) in [5.74, 6) is 0. The highest BCUT2D eigenvalue weighted by atomic mass is 35.5. The number of urea groups is 1. The Kier molecular flexibility index (Phi) is 5.05. The Morgan fingerprint density at radius 3 is 2.71 bits per heavy atom. The highest BCUT2D eigenvalue weighted by molar-refractivity contribution is 6.36. The van der Waals surface area contributed by atoms with Crippen LogP contribution in [0.4, 0.5) is 10.5 Å². The van der Waals surface area contributed by atoms with Crippen LogP contribution in [0.15, 0.2) is 18.2 Å². The summed E-state index contributed by atoms with van der Waals surface area (Å²) in [7, 11) is 1.59. The fourth-order valence-corrected chi connectivity index (χ4v) is 1.74. The number of rotatable bonds is 3. The lowest BCUT2D eigenvalue weighted by Crippen LogP contribution is -2.36. The van der Waals surface area contributed by atoms with Gasteiger partial charge in [-0.2, -0.15) is 0 Å². The van der Waals surface area contributed by atoms with Crippen LogP contribution in [0.25, 0.3) is 0 Å². The van der Waals surface area contributed by atoms with Gasteiger partial charge in [-0.25, -0.2) is 4.79 Å². The Balaban J connectivity index is 2.67. The Morgan fingerprint density at radius 1 is 1.53 bits per heavy atom. The maximum Gasteiger partial charge on any atom is 0.321 e. The molecule has 0 aliphatic carbocycles. The number of aliphatic hydroxyl groups excluding tert-OH is 1. The molecule has 1 rings (SSSR count). The van der Waals surface area contributed by atoms with Crippen LogP contribution in [0.1, 0.15) is 6.92 Å². The summed E-state index contributed by atoms with van der Waals surface area (Å²) >= 11 is 11.7. The van der Waals surface area contributed by atoms with E-state index in [9.17, 15) is 4.79 Å². The van der Waals surface area contributed by atoms with Crippen molar-refractivity contribution in [3.05, 3.63) is 28.2 Å². The lowest BCUT2D eigenvalue weighted by Gasteiger charge is -2.19. The summed E-state index contributed by atoms with van der Waals surface area (Å²) in [6.45, 7) is 1.86. The average molecular weight is 277 g/mol. The fraction of sp³-hybridized carbons (Fsp3) is 0.364. The number of hydrogen-bond donors (Lipinski definition) is 2. The summed E-state index contributed by atoms with van der Waals surface area (Å²) in [4.78, 5) is 13.1. The Bertz CT molecular complexity index is 410. The van der Waals surface area contributed by atoms with Crippen molar-refractivity contribution in [3.8, 4) is 0 Å². The van der Waals surface area contributed by atoms with Crippen LogP contribution < -0.4 is 5.32 Å². The minimum Gasteiger partial charge on any atom is -0.392 e. The van der Waals surface area contributed by atoms with E-state index in [0.717, 1.165) is 0 Å². The van der Waals surface area contributed by atoms with Crippen LogP contribution in [-0.4, -0.2) is 35.7 Å². The van der Waals surface area contributed by atoms with E-state index in [4.69, 9.17) is 28.3 Å². The number of carbonyl (C=O) groups excluding carboxylic acids is 1. The molecule has 4 nitrogen and oxygen atoms in total. The molecule has 0 heterocycles. The van der Waals surface area contributed by atoms with Crippen molar-refractivity contribution in [2.45, 2.75) is 13.0 Å². The third kappa shape index (κ3) is 4.42. The van der Waals surface area contributed by atoms with Gasteiger partial charge in [0.2, 0.25) is 0 Å². The number of benzene rings is 1. The number of halogens is 2. The smallest absolute Gasteiger partial charge is 0.321 e. The Hall–Kier alpha value is -0.970. The normalized spacial score (nSPS) is 12.1. The second kappa shape index (κ2) is 6.10. The first-order valence-corrected chi connectivity index (χ1v) is 5.81. The van der Waals surface area contributed by atoms with Gasteiger partial charge in [0, 0.05) is 18.6 Å². The predicted molar refractivity (Wildman–Crippen MR) is 69.8 cm³/mol. The molecule has 0 aliphatic heterocycles. The van der Waals surface area contributed by atoms with Gasteiger partial charge in [0.05, 0.1) is 16.8 Å². The van der Waals surface area contributed by atoms with Crippen LogP contribution in [0, 0.1) is 0 Å². The first-order valence-electron chi connectivity index (χ1n) is 5.05. The number of nitrogens with one attached hydrogen (secondary N) is 1. The van der Waals surface area contributed by atoms with E-state index < -0.39 is 6.10 Å². The van der Waals surface area contributed by atoms with E-state index in [-0.39, 0.29) is 12.6 Å². The first-order chi connectivity index (χ1) is 7.90. The number of likely N-dealkylation sites (N-methyl/N-ethyl adjacent to an activating group) is 1. The molecule has 1 atom stereocenters. The van der Waals surface area contributed by atoms with E-state index in [1.165, 1.54) is 4.90 Å². The number of nitrogens with zero attached hydrogens (tertiary/aromatic N) is 1. The zero-order valence-electron chi connectivity index (χ0n) is 9.58. The predicted octanol–water partition coefficient (Wildman–Crippen LogP) is 2.84. The van der Waals surface area contributed by atoms with Crippen molar-refractivity contribution in [2.75, 3.05) is 18.9 Å². The first kappa shape index (κ1) is 14.1. The molecule has 0 bridgehead atoms. The summed E-state index contributed by atoms with van der Waals surface area (Å²) in [6.07, 6.45) is -0.577. The Labute approximate surface area is 110 Å². The maximum absolute atomic E-state index is 11.7. The van der Waals surface area contributed by atoms with Gasteiger partial charge >= 0.3 is 6.03 Å². The maximum atomic E-state index is 11.7. The van der Waals surface area contributed by atoms with Gasteiger partial charge in [-0.05, 0) is 25.1 Å². The van der Waals surface area contributed by atoms with Gasteiger partial charge in [0.15, 0.2) is 0 Å². The van der Waals surface area contributed by atoms with Gasteiger partial charge in [-0.3, -0.25) is 0 Å². The lowest BCUT2D eigenvalue weighted by atomic mass is 10.3. The van der Waals surface area contributed by atoms with Gasteiger partial charge in [-0.1, -0.05) is 23.2 Å². The van der Waals surface area contributed by atoms with Crippen molar-refractivity contribution in [3.63, 3.8) is 0 Å². The second-order valence-electron chi connectivity index (χ2n) is 3.78. The van der Waals surface area contributed by atoms with Crippen molar-refractivity contribution in [1.82, 2.24) is 4.90 Å². The largest absolute Gasteiger partial charge is 0.392 e. The molecule has 2 N–H and O–H groups in total. The van der Waals surface area contributed by atoms with E-state index in [1.807, 2.05) is 0 Å². The molecule has 0 aromatic heterocycles. The molecular weight excluding hydrogens is 263 g/mol. The molecule has 1 aromatic carbocycles. The summed E-state index contributed by atoms with van der Waals surface area (Å²) < 4.78 is 0. The highest BCUT2D eigenvalue weighted by Gasteiger charge is 2.12. The van der Waals surface area contributed by atoms with Crippen molar-refractivity contribution in [1.29, 1.82) is 0 Å². The number of aliphatic hydroxyl groups is 1. The zero-order chi connectivity index (χ0) is 13.0. The lowest BCUT2D eigenvalue weighted by molar-refractivity contribution is 0.149. The third-order valence-corrected chi connectivity index (χ3v) is 2.61. The summed E-state index contributed by atoms with van der Waals surface area (Å²) in [6, 6.07) is 4.47. The molecule has 0 fully saturated rings. The monoisotopic (exact) mass is 276 g/mol. The Morgan fingerprint density at radius 2 is 2.18 bits per heavy atom. The molecule has 94 valence electrons. The molecule has 0 saturated carbocycles. The molecule has 2 amide bonds. The van der Waals surface area contributed by atoms with E-state index >= 15 is 0 Å². The molecule has 6 heteroatoms. The minimum atomic E-state index is -0.577. The molecule has 1 aromatic rings. The van der Waals surface area contributed by atoms with Crippen LogP contribution >= 0.6 is 23.2 Å². The molecular formula is C11H14Cl2N2O2. The molecule has 0 saturated heterocycles. The number of amides is 2. The van der Waals surface area contributed by atoms with E-state index in [2.05, 4.69) is 5.32 Å². The standard InChI is InChI=1S/C11H14Cl2N2O2/c1-7(16)6-15(2)11(17)14-10-4-3-8(12)5-9(10)13/h3-5,7,16H,6H2,1-2H3,(H,14,17)/t7-/m1/s1. The van der Waals surface area contributed by atoms with Crippen molar-refractivity contribution in [2.24, 2.45) is 0 Å². The van der Waals surface area contributed by atoms with Crippen LogP contribution in [0.3, 0.4) is 0 Å². The van der Waals surface area contributed by atoms with Gasteiger partial charge in [0.1, 0.15) is 0 Å². The number of carbonyl (C=O) groups is 1. The quantitative estimate of drug-likeness (QED) is 0.892. The van der Waals surface area contributed by atoms with Crippen LogP contribution in [0.2, 0.25) is 10.0 Å². The van der Waals surface area contributed by atoms with Crippen LogP contribution in [0.5, 0.6) is 0 Å². The molecule has 0 radical (unpaired) electrons. The fourth-order valence-electron chi connectivity index (χ4n) is 1.28. The second-order valence-corrected chi connectivity index (χ2v) is 4.63. The van der Waals surface area contributed by atoms with E-state index in [0.29, 0.717) is 15.7 Å². The molecule has 0 unspecified atom stereocenters. The zero-order valence-corrected chi connectivity index (χ0v) is 11.1. The van der Waals surface area contributed by atoms with Gasteiger partial charge < -0.3 is 15.3 Å². The van der Waals surface area contributed by atoms with Crippen LogP contribution in [-0.2, 0) is 0 Å². The SMILES string of the molecule is C[C@@H](O)CN(C)C(=O)Nc1ccc(Cl)cc1Cl. The van der Waals surface area contributed by atoms with Gasteiger partial charge in [0.25, 0.3) is 0 Å². The van der Waals surface area contributed by atoms with Crippen molar-refractivity contribution < 1.29 is 9.90 Å². The third-order valence-electron chi connectivity index (χ3n) is 2.06. The molecule has 0 aliphatic rings. The molecule has 17 heavy (non-hydrogen) atoms. The van der Waals surface area contributed by atoms with Gasteiger partial charge in [-0.15, -0.1) is 0 Å². The summed E-state index contributed by atoms with van der Waals surface area (Å²) in [5.41, 5.74) is 0.485. The average Bonchev–Trinajstić information content (AvgIpc) is 2.21. The number of anilines is 1. The topological polar surface area (TPSA) is 52.6 Å². The number of hydrogen-bond acceptors (Lipinski definition) is 2. The summed E-state index contributed by atoms with van der Waals surface area (Å²) in [5, 5.41) is 12.7.